The minimum absolute atomic E-state index is 0.350. The molecule has 1 unspecified atom stereocenters. The zero-order valence-electron chi connectivity index (χ0n) is 11.8. The summed E-state index contributed by atoms with van der Waals surface area (Å²) in [6.07, 6.45) is 3.01. The van der Waals surface area contributed by atoms with Crippen molar-refractivity contribution >= 4 is 27.7 Å². The number of nitrogens with one attached hydrogen (secondary N) is 1. The lowest BCUT2D eigenvalue weighted by atomic mass is 10.1. The van der Waals surface area contributed by atoms with Crippen molar-refractivity contribution in [3.8, 4) is 0 Å². The normalized spacial score (nSPS) is 12.3. The third kappa shape index (κ3) is 4.08. The summed E-state index contributed by atoms with van der Waals surface area (Å²) in [7, 11) is 0. The van der Waals surface area contributed by atoms with Gasteiger partial charge in [0.25, 0.3) is 0 Å². The summed E-state index contributed by atoms with van der Waals surface area (Å²) in [4.78, 5) is 6.96. The minimum atomic E-state index is 0.350. The quantitative estimate of drug-likeness (QED) is 0.788. The molecule has 2 aromatic rings. The molecule has 0 saturated heterocycles. The Morgan fingerprint density at radius 1 is 1.20 bits per heavy atom. The molecule has 0 fully saturated rings. The Hall–Kier alpha value is -0.840. The molecule has 0 aliphatic carbocycles. The highest BCUT2D eigenvalue weighted by Crippen LogP contribution is 2.33. The van der Waals surface area contributed by atoms with E-state index in [1.165, 1.54) is 4.90 Å². The van der Waals surface area contributed by atoms with E-state index in [9.17, 15) is 0 Å². The first-order valence-electron chi connectivity index (χ1n) is 6.86. The molecule has 0 spiro atoms. The van der Waals surface area contributed by atoms with E-state index in [2.05, 4.69) is 64.3 Å². The van der Waals surface area contributed by atoms with Crippen molar-refractivity contribution in [2.24, 2.45) is 0 Å². The molecular formula is C16H19BrN2S. The molecule has 20 heavy (non-hydrogen) atoms. The van der Waals surface area contributed by atoms with Gasteiger partial charge in [-0.3, -0.25) is 4.98 Å². The van der Waals surface area contributed by atoms with Gasteiger partial charge in [-0.25, -0.2) is 0 Å². The van der Waals surface area contributed by atoms with Crippen molar-refractivity contribution in [2.45, 2.75) is 36.1 Å². The first kappa shape index (κ1) is 15.5. The van der Waals surface area contributed by atoms with Crippen LogP contribution >= 0.6 is 27.7 Å². The van der Waals surface area contributed by atoms with Crippen LogP contribution in [-0.2, 0) is 0 Å². The van der Waals surface area contributed by atoms with Gasteiger partial charge in [0.1, 0.15) is 0 Å². The fourth-order valence-electron chi connectivity index (χ4n) is 2.02. The van der Waals surface area contributed by atoms with Crippen LogP contribution in [0.15, 0.2) is 56.9 Å². The van der Waals surface area contributed by atoms with Crippen LogP contribution in [0.1, 0.15) is 32.0 Å². The van der Waals surface area contributed by atoms with E-state index in [1.807, 2.05) is 18.3 Å². The second kappa shape index (κ2) is 7.81. The summed E-state index contributed by atoms with van der Waals surface area (Å²) in [6, 6.07) is 12.9. The summed E-state index contributed by atoms with van der Waals surface area (Å²) in [5, 5.41) is 3.45. The van der Waals surface area contributed by atoms with E-state index in [-0.39, 0.29) is 0 Å². The van der Waals surface area contributed by atoms with Gasteiger partial charge < -0.3 is 5.32 Å². The van der Waals surface area contributed by atoms with Gasteiger partial charge in [-0.15, -0.1) is 0 Å². The zero-order chi connectivity index (χ0) is 14.4. The first-order valence-corrected chi connectivity index (χ1v) is 8.47. The Kier molecular flexibility index (Phi) is 6.07. The molecule has 2 rings (SSSR count). The summed E-state index contributed by atoms with van der Waals surface area (Å²) < 4.78 is 1.12. The van der Waals surface area contributed by atoms with E-state index in [0.717, 1.165) is 28.0 Å². The summed E-state index contributed by atoms with van der Waals surface area (Å²) in [5.74, 6) is 0. The first-order chi connectivity index (χ1) is 9.74. The molecule has 0 radical (unpaired) electrons. The molecule has 1 atom stereocenters. The van der Waals surface area contributed by atoms with E-state index in [4.69, 9.17) is 0 Å². The highest BCUT2D eigenvalue weighted by molar-refractivity contribution is 9.10. The van der Waals surface area contributed by atoms with Gasteiger partial charge in [0.2, 0.25) is 0 Å². The number of hydrogen-bond acceptors (Lipinski definition) is 3. The van der Waals surface area contributed by atoms with Gasteiger partial charge in [0, 0.05) is 26.5 Å². The molecule has 1 aromatic carbocycles. The van der Waals surface area contributed by atoms with Crippen LogP contribution < -0.4 is 5.32 Å². The maximum Gasteiger partial charge on any atom is 0.0573 e. The van der Waals surface area contributed by atoms with Gasteiger partial charge in [0.05, 0.1) is 5.69 Å². The Bertz CT molecular complexity index is 542. The molecule has 0 amide bonds. The molecule has 0 saturated carbocycles. The van der Waals surface area contributed by atoms with Crippen molar-refractivity contribution in [3.63, 3.8) is 0 Å². The predicted octanol–water partition coefficient (Wildman–Crippen LogP) is 5.06. The van der Waals surface area contributed by atoms with Crippen molar-refractivity contribution in [2.75, 3.05) is 6.54 Å². The molecule has 1 aromatic heterocycles. The molecule has 1 heterocycles. The zero-order valence-corrected chi connectivity index (χ0v) is 14.2. The Morgan fingerprint density at radius 2 is 2.00 bits per heavy atom. The topological polar surface area (TPSA) is 24.9 Å². The van der Waals surface area contributed by atoms with E-state index < -0.39 is 0 Å². The smallest absolute Gasteiger partial charge is 0.0573 e. The van der Waals surface area contributed by atoms with E-state index >= 15 is 0 Å². The van der Waals surface area contributed by atoms with Crippen molar-refractivity contribution < 1.29 is 0 Å². The van der Waals surface area contributed by atoms with Gasteiger partial charge in [-0.1, -0.05) is 37.7 Å². The minimum Gasteiger partial charge on any atom is -0.309 e. The van der Waals surface area contributed by atoms with Crippen LogP contribution in [0.3, 0.4) is 0 Å². The lowest BCUT2D eigenvalue weighted by Gasteiger charge is -2.15. The highest BCUT2D eigenvalue weighted by Gasteiger charge is 2.09. The van der Waals surface area contributed by atoms with E-state index in [1.54, 1.807) is 11.8 Å². The number of nitrogens with zero attached hydrogens (tertiary/aromatic N) is 1. The van der Waals surface area contributed by atoms with Crippen LogP contribution in [-0.4, -0.2) is 11.5 Å². The SMILES string of the molecule is CCNC(CC)c1ccc(Sc2ccccc2Br)cn1. The maximum atomic E-state index is 4.60. The second-order valence-corrected chi connectivity index (χ2v) is 6.44. The number of pyridine rings is 1. The maximum absolute atomic E-state index is 4.60. The fourth-order valence-corrected chi connectivity index (χ4v) is 3.35. The molecular weight excluding hydrogens is 332 g/mol. The van der Waals surface area contributed by atoms with Crippen molar-refractivity contribution in [1.29, 1.82) is 0 Å². The van der Waals surface area contributed by atoms with Crippen LogP contribution in [0, 0.1) is 0 Å². The number of hydrogen-bond donors (Lipinski definition) is 1. The summed E-state index contributed by atoms with van der Waals surface area (Å²) in [6.45, 7) is 5.27. The van der Waals surface area contributed by atoms with E-state index in [0.29, 0.717) is 6.04 Å². The molecule has 4 heteroatoms. The molecule has 1 N–H and O–H groups in total. The second-order valence-electron chi connectivity index (χ2n) is 4.47. The predicted molar refractivity (Wildman–Crippen MR) is 89.2 cm³/mol. The summed E-state index contributed by atoms with van der Waals surface area (Å²) >= 11 is 5.30. The Balaban J connectivity index is 2.10. The largest absolute Gasteiger partial charge is 0.309 e. The van der Waals surface area contributed by atoms with Gasteiger partial charge in [0.15, 0.2) is 0 Å². The lowest BCUT2D eigenvalue weighted by Crippen LogP contribution is -2.20. The number of rotatable bonds is 6. The fraction of sp³-hybridized carbons (Fsp3) is 0.312. The van der Waals surface area contributed by atoms with Crippen LogP contribution in [0.5, 0.6) is 0 Å². The number of halogens is 1. The highest BCUT2D eigenvalue weighted by atomic mass is 79.9. The lowest BCUT2D eigenvalue weighted by molar-refractivity contribution is 0.524. The third-order valence-corrected chi connectivity index (χ3v) is 5.05. The Labute approximate surface area is 133 Å². The molecule has 0 bridgehead atoms. The average molecular weight is 351 g/mol. The molecule has 106 valence electrons. The summed E-state index contributed by atoms with van der Waals surface area (Å²) in [5.41, 5.74) is 1.12. The van der Waals surface area contributed by atoms with Gasteiger partial charge >= 0.3 is 0 Å². The van der Waals surface area contributed by atoms with Gasteiger partial charge in [-0.2, -0.15) is 0 Å². The Morgan fingerprint density at radius 3 is 2.60 bits per heavy atom. The molecule has 0 aliphatic heterocycles. The van der Waals surface area contributed by atoms with Crippen molar-refractivity contribution in [3.05, 3.63) is 52.8 Å². The van der Waals surface area contributed by atoms with Crippen LogP contribution in [0.25, 0.3) is 0 Å². The van der Waals surface area contributed by atoms with Gasteiger partial charge in [-0.05, 0) is 53.2 Å². The average Bonchev–Trinajstić information content (AvgIpc) is 2.48. The number of aromatic nitrogens is 1. The van der Waals surface area contributed by atoms with Crippen LogP contribution in [0.2, 0.25) is 0 Å². The third-order valence-electron chi connectivity index (χ3n) is 3.04. The van der Waals surface area contributed by atoms with Crippen molar-refractivity contribution in [1.82, 2.24) is 10.3 Å². The molecule has 2 nitrogen and oxygen atoms in total. The molecule has 0 aliphatic rings. The standard InChI is InChI=1S/C16H19BrN2S/c1-3-14(18-4-2)15-10-9-12(11-19-15)20-16-8-6-5-7-13(16)17/h5-11,14,18H,3-4H2,1-2H3. The number of benzene rings is 1. The van der Waals surface area contributed by atoms with Crippen LogP contribution in [0.4, 0.5) is 0 Å². The monoisotopic (exact) mass is 350 g/mol.